The molecule has 0 radical (unpaired) electrons. The summed E-state index contributed by atoms with van der Waals surface area (Å²) in [6.45, 7) is 0.826. The van der Waals surface area contributed by atoms with E-state index in [0.29, 0.717) is 0 Å². The molecule has 0 aliphatic heterocycles. The first kappa shape index (κ1) is 14.2. The van der Waals surface area contributed by atoms with Crippen LogP contribution in [0.5, 0.6) is 0 Å². The van der Waals surface area contributed by atoms with Crippen molar-refractivity contribution < 1.29 is 9.90 Å². The third-order valence-corrected chi connectivity index (χ3v) is 3.10. The Morgan fingerprint density at radius 3 is 2.60 bits per heavy atom. The van der Waals surface area contributed by atoms with Crippen LogP contribution in [-0.4, -0.2) is 25.8 Å². The van der Waals surface area contributed by atoms with Crippen LogP contribution in [0.15, 0.2) is 36.7 Å². The Hall–Kier alpha value is -2.17. The summed E-state index contributed by atoms with van der Waals surface area (Å²) in [6, 6.07) is 9.89. The lowest BCUT2D eigenvalue weighted by molar-refractivity contribution is -0.137. The van der Waals surface area contributed by atoms with Crippen molar-refractivity contribution in [2.75, 3.05) is 0 Å². The van der Waals surface area contributed by atoms with Crippen LogP contribution in [0.1, 0.15) is 32.1 Å². The molecule has 1 aromatic carbocycles. The molecule has 0 amide bonds. The highest BCUT2D eigenvalue weighted by Gasteiger charge is 2.03. The Morgan fingerprint density at radius 1 is 1.10 bits per heavy atom. The zero-order valence-electron chi connectivity index (χ0n) is 11.4. The minimum atomic E-state index is -0.714. The third-order valence-electron chi connectivity index (χ3n) is 3.10. The van der Waals surface area contributed by atoms with Gasteiger partial charge in [-0.3, -0.25) is 9.48 Å². The van der Waals surface area contributed by atoms with E-state index < -0.39 is 5.97 Å². The SMILES string of the molecule is O=C(O)CCCCCCn1cnc(-c2ccccc2)n1. The van der Waals surface area contributed by atoms with Gasteiger partial charge < -0.3 is 5.11 Å². The van der Waals surface area contributed by atoms with Gasteiger partial charge >= 0.3 is 5.97 Å². The van der Waals surface area contributed by atoms with E-state index in [-0.39, 0.29) is 6.42 Å². The van der Waals surface area contributed by atoms with Gasteiger partial charge in [0, 0.05) is 18.5 Å². The molecule has 0 fully saturated rings. The van der Waals surface area contributed by atoms with Gasteiger partial charge in [-0.2, -0.15) is 5.10 Å². The van der Waals surface area contributed by atoms with Crippen molar-refractivity contribution in [3.63, 3.8) is 0 Å². The first-order valence-corrected chi connectivity index (χ1v) is 6.92. The Labute approximate surface area is 118 Å². The average Bonchev–Trinajstić information content (AvgIpc) is 2.92. The summed E-state index contributed by atoms with van der Waals surface area (Å²) in [5.74, 6) is 0.0326. The predicted octanol–water partition coefficient (Wildman–Crippen LogP) is 2.98. The molecule has 5 nitrogen and oxygen atoms in total. The molecular formula is C15H19N3O2. The van der Waals surface area contributed by atoms with Crippen LogP contribution < -0.4 is 0 Å². The normalized spacial score (nSPS) is 10.6. The summed E-state index contributed by atoms with van der Waals surface area (Å²) in [6.07, 6.45) is 5.74. The molecule has 0 aliphatic rings. The van der Waals surface area contributed by atoms with Gasteiger partial charge in [-0.05, 0) is 12.8 Å². The highest BCUT2D eigenvalue weighted by Crippen LogP contribution is 2.13. The molecule has 1 aromatic heterocycles. The molecule has 0 saturated heterocycles. The standard InChI is InChI=1S/C15H19N3O2/c19-14(20)10-6-1-2-7-11-18-12-16-15(17-18)13-8-4-3-5-9-13/h3-5,8-9,12H,1-2,6-7,10-11H2,(H,19,20). The Kier molecular flexibility index (Phi) is 5.29. The van der Waals surface area contributed by atoms with Crippen LogP contribution in [0, 0.1) is 0 Å². The van der Waals surface area contributed by atoms with E-state index in [1.807, 2.05) is 35.0 Å². The summed E-state index contributed by atoms with van der Waals surface area (Å²) < 4.78 is 1.85. The summed E-state index contributed by atoms with van der Waals surface area (Å²) >= 11 is 0. The van der Waals surface area contributed by atoms with Crippen molar-refractivity contribution in [2.45, 2.75) is 38.6 Å². The lowest BCUT2D eigenvalue weighted by Crippen LogP contribution is -1.99. The topological polar surface area (TPSA) is 68.0 Å². The van der Waals surface area contributed by atoms with E-state index in [1.165, 1.54) is 0 Å². The number of aliphatic carboxylic acids is 1. The number of benzene rings is 1. The number of rotatable bonds is 8. The molecule has 1 heterocycles. The second kappa shape index (κ2) is 7.43. The summed E-state index contributed by atoms with van der Waals surface area (Å²) in [4.78, 5) is 14.7. The second-order valence-corrected chi connectivity index (χ2v) is 4.76. The molecule has 2 rings (SSSR count). The second-order valence-electron chi connectivity index (χ2n) is 4.76. The van der Waals surface area contributed by atoms with Crippen molar-refractivity contribution in [1.82, 2.24) is 14.8 Å². The van der Waals surface area contributed by atoms with Crippen molar-refractivity contribution in [2.24, 2.45) is 0 Å². The van der Waals surface area contributed by atoms with E-state index in [2.05, 4.69) is 10.1 Å². The van der Waals surface area contributed by atoms with Crippen molar-refractivity contribution in [3.8, 4) is 11.4 Å². The van der Waals surface area contributed by atoms with Gasteiger partial charge in [0.05, 0.1) is 0 Å². The van der Waals surface area contributed by atoms with E-state index in [4.69, 9.17) is 5.11 Å². The van der Waals surface area contributed by atoms with Crippen LogP contribution in [0.3, 0.4) is 0 Å². The maximum Gasteiger partial charge on any atom is 0.303 e. The first-order chi connectivity index (χ1) is 9.75. The minimum absolute atomic E-state index is 0.265. The number of carboxylic acid groups (broad SMARTS) is 1. The van der Waals surface area contributed by atoms with E-state index >= 15 is 0 Å². The lowest BCUT2D eigenvalue weighted by Gasteiger charge is -2.00. The van der Waals surface area contributed by atoms with Crippen molar-refractivity contribution >= 4 is 5.97 Å². The average molecular weight is 273 g/mol. The number of aryl methyl sites for hydroxylation is 1. The lowest BCUT2D eigenvalue weighted by atomic mass is 10.1. The van der Waals surface area contributed by atoms with Crippen LogP contribution in [0.4, 0.5) is 0 Å². The first-order valence-electron chi connectivity index (χ1n) is 6.92. The van der Waals surface area contributed by atoms with Gasteiger partial charge in [0.1, 0.15) is 6.33 Å². The minimum Gasteiger partial charge on any atom is -0.481 e. The summed E-state index contributed by atoms with van der Waals surface area (Å²) in [5, 5.41) is 13.0. The predicted molar refractivity (Wildman–Crippen MR) is 76.2 cm³/mol. The van der Waals surface area contributed by atoms with E-state index in [9.17, 15) is 4.79 Å². The summed E-state index contributed by atoms with van der Waals surface area (Å²) in [5.41, 5.74) is 1.02. The Morgan fingerprint density at radius 2 is 1.85 bits per heavy atom. The van der Waals surface area contributed by atoms with Crippen LogP contribution >= 0.6 is 0 Å². The largest absolute Gasteiger partial charge is 0.481 e. The van der Waals surface area contributed by atoms with Gasteiger partial charge in [-0.1, -0.05) is 43.2 Å². The molecule has 0 aliphatic carbocycles. The number of nitrogens with zero attached hydrogens (tertiary/aromatic N) is 3. The van der Waals surface area contributed by atoms with Gasteiger partial charge in [0.15, 0.2) is 5.82 Å². The Balaban J connectivity index is 1.72. The fourth-order valence-corrected chi connectivity index (χ4v) is 2.03. The highest BCUT2D eigenvalue weighted by atomic mass is 16.4. The number of aromatic nitrogens is 3. The number of hydrogen-bond acceptors (Lipinski definition) is 3. The molecule has 0 spiro atoms. The number of unbranched alkanes of at least 4 members (excludes halogenated alkanes) is 3. The number of carboxylic acids is 1. The number of carbonyl (C=O) groups is 1. The third kappa shape index (κ3) is 4.50. The molecular weight excluding hydrogens is 254 g/mol. The van der Waals surface area contributed by atoms with Crippen LogP contribution in [-0.2, 0) is 11.3 Å². The monoisotopic (exact) mass is 273 g/mol. The highest BCUT2D eigenvalue weighted by molar-refractivity contribution is 5.66. The molecule has 0 saturated carbocycles. The van der Waals surface area contributed by atoms with Crippen LogP contribution in [0.25, 0.3) is 11.4 Å². The summed E-state index contributed by atoms with van der Waals surface area (Å²) in [7, 11) is 0. The number of hydrogen-bond donors (Lipinski definition) is 1. The van der Waals surface area contributed by atoms with Gasteiger partial charge in [0.2, 0.25) is 0 Å². The maximum absolute atomic E-state index is 10.4. The zero-order valence-corrected chi connectivity index (χ0v) is 11.4. The molecule has 20 heavy (non-hydrogen) atoms. The smallest absolute Gasteiger partial charge is 0.303 e. The molecule has 1 N–H and O–H groups in total. The molecule has 2 aromatic rings. The van der Waals surface area contributed by atoms with E-state index in [0.717, 1.165) is 43.6 Å². The Bertz CT molecular complexity index is 537. The van der Waals surface area contributed by atoms with Crippen molar-refractivity contribution in [1.29, 1.82) is 0 Å². The zero-order chi connectivity index (χ0) is 14.2. The van der Waals surface area contributed by atoms with Crippen LogP contribution in [0.2, 0.25) is 0 Å². The van der Waals surface area contributed by atoms with E-state index in [1.54, 1.807) is 6.33 Å². The molecule has 0 bridgehead atoms. The molecule has 106 valence electrons. The molecule has 0 atom stereocenters. The van der Waals surface area contributed by atoms with Crippen molar-refractivity contribution in [3.05, 3.63) is 36.7 Å². The molecule has 0 unspecified atom stereocenters. The fourth-order valence-electron chi connectivity index (χ4n) is 2.03. The van der Waals surface area contributed by atoms with Gasteiger partial charge in [-0.25, -0.2) is 4.98 Å². The molecule has 5 heteroatoms. The fraction of sp³-hybridized carbons (Fsp3) is 0.400. The maximum atomic E-state index is 10.4. The quantitative estimate of drug-likeness (QED) is 0.751. The van der Waals surface area contributed by atoms with Gasteiger partial charge in [0.25, 0.3) is 0 Å². The van der Waals surface area contributed by atoms with Gasteiger partial charge in [-0.15, -0.1) is 0 Å².